The molecule has 2 N–H and O–H groups in total. The number of para-hydroxylation sites is 1. The molecule has 1 saturated heterocycles. The van der Waals surface area contributed by atoms with E-state index in [0.717, 1.165) is 0 Å². The zero-order valence-electron chi connectivity index (χ0n) is 10.3. The van der Waals surface area contributed by atoms with Crippen LogP contribution < -0.4 is 10.5 Å². The maximum atomic E-state index is 11.4. The van der Waals surface area contributed by atoms with Gasteiger partial charge in [-0.15, -0.1) is 0 Å². The molecule has 0 spiro atoms. The van der Waals surface area contributed by atoms with Gasteiger partial charge in [0.05, 0.1) is 12.1 Å². The van der Waals surface area contributed by atoms with E-state index in [1.807, 2.05) is 12.1 Å². The maximum absolute atomic E-state index is 11.4. The van der Waals surface area contributed by atoms with Crippen LogP contribution >= 0.6 is 12.2 Å². The first kappa shape index (κ1) is 13.5. The van der Waals surface area contributed by atoms with E-state index in [2.05, 4.69) is 0 Å². The highest BCUT2D eigenvalue weighted by atomic mass is 32.1. The lowest BCUT2D eigenvalue weighted by Gasteiger charge is -2.15. The topological polar surface area (TPSA) is 72.6 Å². The lowest BCUT2D eigenvalue weighted by atomic mass is 10.2. The monoisotopic (exact) mass is 278 g/mol. The summed E-state index contributed by atoms with van der Waals surface area (Å²) in [6, 6.07) is 7.14. The molecule has 1 aromatic rings. The maximum Gasteiger partial charge on any atom is 0.229 e. The van der Waals surface area contributed by atoms with Crippen LogP contribution in [0.1, 0.15) is 18.4 Å². The number of ether oxygens (including phenoxy) is 1. The van der Waals surface area contributed by atoms with Crippen molar-refractivity contribution in [1.82, 2.24) is 4.90 Å². The summed E-state index contributed by atoms with van der Waals surface area (Å²) in [4.78, 5) is 24.3. The summed E-state index contributed by atoms with van der Waals surface area (Å²) in [7, 11) is 0. The largest absolute Gasteiger partial charge is 0.491 e. The number of thiocarbonyl (C=S) groups is 1. The van der Waals surface area contributed by atoms with Gasteiger partial charge in [-0.25, -0.2) is 0 Å². The number of likely N-dealkylation sites (tertiary alicyclic amines) is 1. The van der Waals surface area contributed by atoms with Crippen molar-refractivity contribution in [2.45, 2.75) is 12.8 Å². The van der Waals surface area contributed by atoms with Gasteiger partial charge in [-0.2, -0.15) is 0 Å². The van der Waals surface area contributed by atoms with Gasteiger partial charge in [-0.1, -0.05) is 24.4 Å². The van der Waals surface area contributed by atoms with E-state index in [4.69, 9.17) is 22.7 Å². The van der Waals surface area contributed by atoms with Gasteiger partial charge in [0.2, 0.25) is 11.8 Å². The number of amides is 2. The minimum atomic E-state index is -0.142. The van der Waals surface area contributed by atoms with Gasteiger partial charge in [0.15, 0.2) is 0 Å². The van der Waals surface area contributed by atoms with Crippen molar-refractivity contribution < 1.29 is 14.3 Å². The zero-order valence-corrected chi connectivity index (χ0v) is 11.1. The van der Waals surface area contributed by atoms with Gasteiger partial charge >= 0.3 is 0 Å². The van der Waals surface area contributed by atoms with E-state index in [1.165, 1.54) is 4.90 Å². The molecule has 5 nitrogen and oxygen atoms in total. The van der Waals surface area contributed by atoms with E-state index < -0.39 is 0 Å². The number of nitrogens with two attached hydrogens (primary N) is 1. The number of nitrogens with zero attached hydrogens (tertiary/aromatic N) is 1. The summed E-state index contributed by atoms with van der Waals surface area (Å²) in [6.07, 6.45) is 0.588. The average Bonchev–Trinajstić information content (AvgIpc) is 2.70. The van der Waals surface area contributed by atoms with Gasteiger partial charge in [-0.05, 0) is 12.1 Å². The molecule has 1 fully saturated rings. The second-order valence-corrected chi connectivity index (χ2v) is 4.59. The Morgan fingerprint density at radius 2 is 1.89 bits per heavy atom. The molecule has 1 aromatic carbocycles. The van der Waals surface area contributed by atoms with Crippen molar-refractivity contribution in [2.24, 2.45) is 5.73 Å². The fourth-order valence-electron chi connectivity index (χ4n) is 1.92. The van der Waals surface area contributed by atoms with Crippen LogP contribution in [0.2, 0.25) is 0 Å². The van der Waals surface area contributed by atoms with Gasteiger partial charge in [0.25, 0.3) is 0 Å². The van der Waals surface area contributed by atoms with Crippen LogP contribution in [0.25, 0.3) is 0 Å². The van der Waals surface area contributed by atoms with E-state index in [1.54, 1.807) is 12.1 Å². The first-order chi connectivity index (χ1) is 9.09. The lowest BCUT2D eigenvalue weighted by Crippen LogP contribution is -2.33. The van der Waals surface area contributed by atoms with E-state index in [9.17, 15) is 9.59 Å². The van der Waals surface area contributed by atoms with Crippen molar-refractivity contribution >= 4 is 29.0 Å². The molecule has 1 aliphatic heterocycles. The third kappa shape index (κ3) is 3.08. The van der Waals surface area contributed by atoms with Crippen LogP contribution in [0.5, 0.6) is 5.75 Å². The van der Waals surface area contributed by atoms with Crippen LogP contribution in [-0.4, -0.2) is 34.9 Å². The molecule has 0 atom stereocenters. The minimum absolute atomic E-state index is 0.142. The first-order valence-electron chi connectivity index (χ1n) is 5.94. The molecule has 0 radical (unpaired) electrons. The summed E-state index contributed by atoms with van der Waals surface area (Å²) in [5, 5.41) is 0. The Balaban J connectivity index is 1.94. The van der Waals surface area contributed by atoms with Gasteiger partial charge in [0, 0.05) is 12.8 Å². The number of benzene rings is 1. The van der Waals surface area contributed by atoms with E-state index in [-0.39, 0.29) is 30.0 Å². The number of hydrogen-bond donors (Lipinski definition) is 1. The molecular weight excluding hydrogens is 264 g/mol. The fourth-order valence-corrected chi connectivity index (χ4v) is 2.08. The third-order valence-electron chi connectivity index (χ3n) is 2.88. The molecule has 2 rings (SSSR count). The molecule has 0 bridgehead atoms. The Bertz CT molecular complexity index is 514. The Labute approximate surface area is 116 Å². The number of hydrogen-bond acceptors (Lipinski definition) is 4. The number of rotatable bonds is 5. The second kappa shape index (κ2) is 5.79. The smallest absolute Gasteiger partial charge is 0.229 e. The van der Waals surface area contributed by atoms with Crippen LogP contribution in [0.3, 0.4) is 0 Å². The molecule has 0 aromatic heterocycles. The second-order valence-electron chi connectivity index (χ2n) is 4.15. The predicted molar refractivity (Wildman–Crippen MR) is 73.8 cm³/mol. The number of imide groups is 1. The molecule has 2 amide bonds. The standard InChI is InChI=1S/C13H14N2O3S/c14-13(19)9-3-1-2-4-10(9)18-8-7-15-11(16)5-6-12(15)17/h1-4H,5-8H2,(H2,14,19). The lowest BCUT2D eigenvalue weighted by molar-refractivity contribution is -0.138. The molecule has 100 valence electrons. The number of carbonyl (C=O) groups excluding carboxylic acids is 2. The number of carbonyl (C=O) groups is 2. The van der Waals surface area contributed by atoms with Crippen LogP contribution in [0.4, 0.5) is 0 Å². The van der Waals surface area contributed by atoms with Crippen molar-refractivity contribution in [3.8, 4) is 5.75 Å². The SMILES string of the molecule is NC(=S)c1ccccc1OCCN1C(=O)CCC1=O. The van der Waals surface area contributed by atoms with Gasteiger partial charge in [-0.3, -0.25) is 14.5 Å². The summed E-state index contributed by atoms with van der Waals surface area (Å²) < 4.78 is 5.54. The molecule has 1 aliphatic rings. The summed E-state index contributed by atoms with van der Waals surface area (Å²) in [5.74, 6) is 0.279. The molecule has 19 heavy (non-hydrogen) atoms. The molecule has 6 heteroatoms. The highest BCUT2D eigenvalue weighted by Gasteiger charge is 2.28. The zero-order chi connectivity index (χ0) is 13.8. The quantitative estimate of drug-likeness (QED) is 0.638. The van der Waals surface area contributed by atoms with Crippen molar-refractivity contribution in [3.63, 3.8) is 0 Å². The highest BCUT2D eigenvalue weighted by Crippen LogP contribution is 2.18. The van der Waals surface area contributed by atoms with Gasteiger partial charge < -0.3 is 10.5 Å². The van der Waals surface area contributed by atoms with Gasteiger partial charge in [0.1, 0.15) is 17.3 Å². The average molecular weight is 278 g/mol. The summed E-state index contributed by atoms with van der Waals surface area (Å²) in [6.45, 7) is 0.487. The van der Waals surface area contributed by atoms with E-state index >= 15 is 0 Å². The molecule has 1 heterocycles. The Hall–Kier alpha value is -1.95. The van der Waals surface area contributed by atoms with Crippen molar-refractivity contribution in [1.29, 1.82) is 0 Å². The Kier molecular flexibility index (Phi) is 4.11. The normalized spacial score (nSPS) is 14.8. The molecule has 0 saturated carbocycles. The predicted octanol–water partition coefficient (Wildman–Crippen LogP) is 0.849. The Morgan fingerprint density at radius 3 is 2.53 bits per heavy atom. The Morgan fingerprint density at radius 1 is 1.26 bits per heavy atom. The third-order valence-corrected chi connectivity index (χ3v) is 3.10. The molecule has 0 unspecified atom stereocenters. The highest BCUT2D eigenvalue weighted by molar-refractivity contribution is 7.80. The minimum Gasteiger partial charge on any atom is -0.491 e. The molecule has 0 aliphatic carbocycles. The summed E-state index contributed by atoms with van der Waals surface area (Å²) >= 11 is 4.92. The molecular formula is C13H14N2O3S. The van der Waals surface area contributed by atoms with Crippen LogP contribution in [-0.2, 0) is 9.59 Å². The van der Waals surface area contributed by atoms with Crippen LogP contribution in [0.15, 0.2) is 24.3 Å². The first-order valence-corrected chi connectivity index (χ1v) is 6.35. The van der Waals surface area contributed by atoms with Crippen LogP contribution in [0, 0.1) is 0 Å². The fraction of sp³-hybridized carbons (Fsp3) is 0.308. The van der Waals surface area contributed by atoms with E-state index in [0.29, 0.717) is 24.2 Å². The summed E-state index contributed by atoms with van der Waals surface area (Å²) in [5.41, 5.74) is 6.23. The van der Waals surface area contributed by atoms with Crippen molar-refractivity contribution in [3.05, 3.63) is 29.8 Å². The van der Waals surface area contributed by atoms with Crippen molar-refractivity contribution in [2.75, 3.05) is 13.2 Å².